The van der Waals surface area contributed by atoms with Crippen molar-refractivity contribution in [2.45, 2.75) is 38.4 Å². The Morgan fingerprint density at radius 3 is 2.80 bits per heavy atom. The number of hydrogen-bond donors (Lipinski definition) is 0. The van der Waals surface area contributed by atoms with Gasteiger partial charge >= 0.3 is 5.97 Å². The molecule has 1 atom stereocenters. The molecule has 3 rings (SSSR count). The zero-order valence-electron chi connectivity index (χ0n) is 11.5. The van der Waals surface area contributed by atoms with E-state index in [1.54, 1.807) is 18.2 Å². The van der Waals surface area contributed by atoms with Crippen LogP contribution in [0.15, 0.2) is 18.2 Å². The second-order valence-corrected chi connectivity index (χ2v) is 5.68. The third-order valence-corrected chi connectivity index (χ3v) is 3.39. The predicted molar refractivity (Wildman–Crippen MR) is 70.1 cm³/mol. The van der Waals surface area contributed by atoms with Gasteiger partial charge in [0.15, 0.2) is 11.9 Å². The molecule has 5 nitrogen and oxygen atoms in total. The van der Waals surface area contributed by atoms with E-state index in [-0.39, 0.29) is 11.8 Å². The van der Waals surface area contributed by atoms with Crippen LogP contribution in [0, 0.1) is 0 Å². The van der Waals surface area contributed by atoms with Crippen LogP contribution in [0.1, 0.15) is 37.0 Å². The van der Waals surface area contributed by atoms with Gasteiger partial charge in [0.25, 0.3) is 0 Å². The van der Waals surface area contributed by atoms with E-state index in [9.17, 15) is 9.59 Å². The van der Waals surface area contributed by atoms with E-state index in [4.69, 9.17) is 14.2 Å². The molecule has 0 bridgehead atoms. The van der Waals surface area contributed by atoms with Gasteiger partial charge in [0, 0.05) is 12.5 Å². The Bertz CT molecular complexity index is 576. The molecule has 0 radical (unpaired) electrons. The van der Waals surface area contributed by atoms with Gasteiger partial charge in [-0.25, -0.2) is 4.79 Å². The Morgan fingerprint density at radius 2 is 2.10 bits per heavy atom. The Kier molecular flexibility index (Phi) is 2.92. The average molecular weight is 276 g/mol. The van der Waals surface area contributed by atoms with Gasteiger partial charge in [-0.1, -0.05) is 0 Å². The minimum atomic E-state index is -0.569. The summed E-state index contributed by atoms with van der Waals surface area (Å²) in [5.74, 6) is 0.733. The number of carbonyl (C=O) groups excluding carboxylic acids is 2. The summed E-state index contributed by atoms with van der Waals surface area (Å²) in [5, 5.41) is 0. The maximum absolute atomic E-state index is 12.0. The van der Waals surface area contributed by atoms with E-state index in [0.717, 1.165) is 0 Å². The van der Waals surface area contributed by atoms with Crippen molar-refractivity contribution in [3.05, 3.63) is 23.8 Å². The molecule has 0 spiro atoms. The molecule has 1 unspecified atom stereocenters. The van der Waals surface area contributed by atoms with Crippen LogP contribution in [0.4, 0.5) is 0 Å². The summed E-state index contributed by atoms with van der Waals surface area (Å²) in [5.41, 5.74) is 0.0420. The van der Waals surface area contributed by atoms with Crippen molar-refractivity contribution in [1.29, 1.82) is 0 Å². The van der Waals surface area contributed by atoms with Gasteiger partial charge in [0.1, 0.15) is 17.1 Å². The summed E-state index contributed by atoms with van der Waals surface area (Å²) >= 11 is 0. The zero-order chi connectivity index (χ0) is 14.3. The smallest absolute Gasteiger partial charge is 0.347 e. The highest BCUT2D eigenvalue weighted by molar-refractivity contribution is 6.00. The van der Waals surface area contributed by atoms with Gasteiger partial charge in [-0.2, -0.15) is 0 Å². The lowest BCUT2D eigenvalue weighted by atomic mass is 9.93. The molecule has 0 aliphatic carbocycles. The fourth-order valence-corrected chi connectivity index (χ4v) is 2.46. The van der Waals surface area contributed by atoms with Crippen LogP contribution in [0.2, 0.25) is 0 Å². The third kappa shape index (κ3) is 2.35. The van der Waals surface area contributed by atoms with Crippen molar-refractivity contribution in [3.8, 4) is 11.5 Å². The summed E-state index contributed by atoms with van der Waals surface area (Å²) in [4.78, 5) is 23.4. The van der Waals surface area contributed by atoms with E-state index in [2.05, 4.69) is 0 Å². The molecular formula is C15H16O5. The Labute approximate surface area is 116 Å². The number of ketones is 1. The molecule has 1 fully saturated rings. The molecule has 1 saturated heterocycles. The van der Waals surface area contributed by atoms with Gasteiger partial charge in [-0.15, -0.1) is 0 Å². The van der Waals surface area contributed by atoms with Crippen LogP contribution in [0.5, 0.6) is 11.5 Å². The first-order valence-electron chi connectivity index (χ1n) is 6.64. The number of Topliss-reactive ketones (excluding diaryl/α,β-unsaturated/α-hetero) is 1. The second kappa shape index (κ2) is 4.51. The molecule has 0 N–H and O–H groups in total. The summed E-state index contributed by atoms with van der Waals surface area (Å²) in [6.07, 6.45) is 0.330. The largest absolute Gasteiger partial charge is 0.486 e. The summed E-state index contributed by atoms with van der Waals surface area (Å²) in [6.45, 7) is 4.13. The second-order valence-electron chi connectivity index (χ2n) is 5.68. The highest BCUT2D eigenvalue weighted by Crippen LogP contribution is 2.35. The molecule has 0 amide bonds. The number of cyclic esters (lactones) is 1. The predicted octanol–water partition coefficient (Wildman–Crippen LogP) is 2.12. The minimum Gasteiger partial charge on any atom is -0.486 e. The lowest BCUT2D eigenvalue weighted by Crippen LogP contribution is -2.35. The maximum Gasteiger partial charge on any atom is 0.347 e. The summed E-state index contributed by atoms with van der Waals surface area (Å²) in [7, 11) is 0. The molecule has 2 heterocycles. The standard InChI is InChI=1S/C15H16O5/c1-15(2)8-11(16)10-4-3-9(7-13(10)20-15)19-12-5-6-18-14(12)17/h3-4,7,12H,5-6,8H2,1-2H3. The van der Waals surface area contributed by atoms with E-state index in [1.807, 2.05) is 13.8 Å². The first kappa shape index (κ1) is 13.0. The number of fused-ring (bicyclic) bond motifs is 1. The monoisotopic (exact) mass is 276 g/mol. The SMILES string of the molecule is CC1(C)CC(=O)c2ccc(OC3CCOC3=O)cc2O1. The fourth-order valence-electron chi connectivity index (χ4n) is 2.46. The van der Waals surface area contributed by atoms with E-state index < -0.39 is 11.7 Å². The van der Waals surface area contributed by atoms with Crippen molar-refractivity contribution in [1.82, 2.24) is 0 Å². The molecular weight excluding hydrogens is 260 g/mol. The van der Waals surface area contributed by atoms with Crippen molar-refractivity contribution >= 4 is 11.8 Å². The summed E-state index contributed by atoms with van der Waals surface area (Å²) < 4.78 is 16.2. The first-order chi connectivity index (χ1) is 9.44. The molecule has 1 aromatic carbocycles. The molecule has 5 heteroatoms. The molecule has 2 aliphatic heterocycles. The zero-order valence-corrected chi connectivity index (χ0v) is 11.5. The Morgan fingerprint density at radius 1 is 1.30 bits per heavy atom. The number of carbonyl (C=O) groups is 2. The molecule has 106 valence electrons. The van der Waals surface area contributed by atoms with Gasteiger partial charge in [-0.05, 0) is 26.0 Å². The van der Waals surface area contributed by atoms with Crippen molar-refractivity contribution in [2.75, 3.05) is 6.61 Å². The van der Waals surface area contributed by atoms with Gasteiger partial charge in [-0.3, -0.25) is 4.79 Å². The van der Waals surface area contributed by atoms with Crippen molar-refractivity contribution < 1.29 is 23.8 Å². The van der Waals surface area contributed by atoms with Crippen LogP contribution in [-0.4, -0.2) is 30.1 Å². The molecule has 0 aromatic heterocycles. The topological polar surface area (TPSA) is 61.8 Å². The third-order valence-electron chi connectivity index (χ3n) is 3.39. The van der Waals surface area contributed by atoms with E-state index >= 15 is 0 Å². The van der Waals surface area contributed by atoms with E-state index in [0.29, 0.717) is 36.5 Å². The molecule has 20 heavy (non-hydrogen) atoms. The quantitative estimate of drug-likeness (QED) is 0.774. The van der Waals surface area contributed by atoms with Crippen LogP contribution in [-0.2, 0) is 9.53 Å². The van der Waals surface area contributed by atoms with E-state index in [1.165, 1.54) is 0 Å². The highest BCUT2D eigenvalue weighted by atomic mass is 16.6. The minimum absolute atomic E-state index is 0.0584. The van der Waals surface area contributed by atoms with Crippen LogP contribution in [0.25, 0.3) is 0 Å². The van der Waals surface area contributed by atoms with Gasteiger partial charge in [0.05, 0.1) is 18.6 Å². The van der Waals surface area contributed by atoms with Gasteiger partial charge < -0.3 is 14.2 Å². The number of ether oxygens (including phenoxy) is 3. The number of esters is 1. The number of rotatable bonds is 2. The first-order valence-corrected chi connectivity index (χ1v) is 6.64. The number of hydrogen-bond acceptors (Lipinski definition) is 5. The Balaban J connectivity index is 1.85. The Hall–Kier alpha value is -2.04. The fraction of sp³-hybridized carbons (Fsp3) is 0.467. The molecule has 0 saturated carbocycles. The number of benzene rings is 1. The van der Waals surface area contributed by atoms with Crippen LogP contribution >= 0.6 is 0 Å². The lowest BCUT2D eigenvalue weighted by Gasteiger charge is -2.31. The van der Waals surface area contributed by atoms with Crippen molar-refractivity contribution in [3.63, 3.8) is 0 Å². The normalized spacial score (nSPS) is 23.8. The van der Waals surface area contributed by atoms with Crippen molar-refractivity contribution in [2.24, 2.45) is 0 Å². The van der Waals surface area contributed by atoms with Crippen LogP contribution < -0.4 is 9.47 Å². The molecule has 1 aromatic rings. The average Bonchev–Trinajstić information content (AvgIpc) is 2.73. The summed E-state index contributed by atoms with van der Waals surface area (Å²) in [6, 6.07) is 5.03. The van der Waals surface area contributed by atoms with Gasteiger partial charge in [0.2, 0.25) is 0 Å². The lowest BCUT2D eigenvalue weighted by molar-refractivity contribution is -0.143. The molecule has 2 aliphatic rings. The maximum atomic E-state index is 12.0. The van der Waals surface area contributed by atoms with Crippen LogP contribution in [0.3, 0.4) is 0 Å². The highest BCUT2D eigenvalue weighted by Gasteiger charge is 2.33.